The quantitative estimate of drug-likeness (QED) is 0.645. The van der Waals surface area contributed by atoms with E-state index < -0.39 is 0 Å². The molecular formula is C14H18O. The Hall–Kier alpha value is -1.37. The van der Waals surface area contributed by atoms with E-state index in [-0.39, 0.29) is 0 Å². The number of hydrogen-bond donors (Lipinski definition) is 0. The fourth-order valence-corrected chi connectivity index (χ4v) is 1.50. The summed E-state index contributed by atoms with van der Waals surface area (Å²) in [6.07, 6.45) is 3.13. The number of carbonyl (C=O) groups excluding carboxylic acids is 1. The van der Waals surface area contributed by atoms with E-state index in [1.165, 1.54) is 0 Å². The fraction of sp³-hybridized carbons (Fsp3) is 0.357. The van der Waals surface area contributed by atoms with Crippen molar-refractivity contribution in [2.45, 2.75) is 32.6 Å². The minimum absolute atomic E-state index is 0.322. The Morgan fingerprint density at radius 1 is 1.20 bits per heavy atom. The average Bonchev–Trinajstić information content (AvgIpc) is 2.18. The van der Waals surface area contributed by atoms with Crippen LogP contribution in [0, 0.1) is 0 Å². The molecule has 80 valence electrons. The number of hydrogen-bond acceptors (Lipinski definition) is 1. The number of rotatable bonds is 6. The van der Waals surface area contributed by atoms with Crippen molar-refractivity contribution in [3.05, 3.63) is 48.0 Å². The Labute approximate surface area is 91.8 Å². The Morgan fingerprint density at radius 3 is 2.47 bits per heavy atom. The first-order valence-corrected chi connectivity index (χ1v) is 5.38. The summed E-state index contributed by atoms with van der Waals surface area (Å²) in [5, 5.41) is 0. The normalized spacial score (nSPS) is 9.93. The monoisotopic (exact) mass is 202 g/mol. The molecule has 1 rings (SSSR count). The van der Waals surface area contributed by atoms with Crippen LogP contribution in [0.1, 0.15) is 31.7 Å². The molecule has 0 aliphatic rings. The SMILES string of the molecule is C=C(C)CCCC(=O)Cc1ccccc1. The van der Waals surface area contributed by atoms with Gasteiger partial charge < -0.3 is 0 Å². The number of allylic oxidation sites excluding steroid dienone is 1. The van der Waals surface area contributed by atoms with Gasteiger partial charge in [-0.05, 0) is 25.3 Å². The van der Waals surface area contributed by atoms with Crippen LogP contribution < -0.4 is 0 Å². The smallest absolute Gasteiger partial charge is 0.137 e. The second kappa shape index (κ2) is 6.18. The Bertz CT molecular complexity index is 324. The molecule has 0 amide bonds. The molecule has 0 spiro atoms. The summed E-state index contributed by atoms with van der Waals surface area (Å²) in [6, 6.07) is 9.90. The fourth-order valence-electron chi connectivity index (χ4n) is 1.50. The maximum absolute atomic E-state index is 11.6. The van der Waals surface area contributed by atoms with Gasteiger partial charge in [0.05, 0.1) is 0 Å². The summed E-state index contributed by atoms with van der Waals surface area (Å²) in [6.45, 7) is 5.83. The van der Waals surface area contributed by atoms with Gasteiger partial charge in [-0.2, -0.15) is 0 Å². The maximum atomic E-state index is 11.6. The highest BCUT2D eigenvalue weighted by atomic mass is 16.1. The predicted molar refractivity (Wildman–Crippen MR) is 63.8 cm³/mol. The van der Waals surface area contributed by atoms with E-state index in [1.54, 1.807) is 0 Å². The molecule has 0 aliphatic carbocycles. The molecule has 0 aromatic heterocycles. The molecule has 1 aromatic carbocycles. The van der Waals surface area contributed by atoms with Crippen molar-refractivity contribution in [2.75, 3.05) is 0 Å². The van der Waals surface area contributed by atoms with E-state index in [2.05, 4.69) is 6.58 Å². The summed E-state index contributed by atoms with van der Waals surface area (Å²) in [4.78, 5) is 11.6. The van der Waals surface area contributed by atoms with Crippen LogP contribution in [0.3, 0.4) is 0 Å². The Kier molecular flexibility index (Phi) is 4.82. The first-order valence-electron chi connectivity index (χ1n) is 5.38. The molecule has 0 atom stereocenters. The van der Waals surface area contributed by atoms with Crippen LogP contribution in [0.5, 0.6) is 0 Å². The number of Topliss-reactive ketones (excluding diaryl/α,β-unsaturated/α-hetero) is 1. The molecule has 0 radical (unpaired) electrons. The molecule has 0 bridgehead atoms. The lowest BCUT2D eigenvalue weighted by Crippen LogP contribution is -2.02. The number of benzene rings is 1. The summed E-state index contributed by atoms with van der Waals surface area (Å²) < 4.78 is 0. The zero-order valence-electron chi connectivity index (χ0n) is 9.33. The van der Waals surface area contributed by atoms with E-state index in [0.29, 0.717) is 18.6 Å². The van der Waals surface area contributed by atoms with Crippen LogP contribution in [-0.4, -0.2) is 5.78 Å². The second-order valence-corrected chi connectivity index (χ2v) is 4.01. The van der Waals surface area contributed by atoms with Gasteiger partial charge in [-0.3, -0.25) is 4.79 Å². The lowest BCUT2D eigenvalue weighted by molar-refractivity contribution is -0.118. The van der Waals surface area contributed by atoms with Gasteiger partial charge in [-0.1, -0.05) is 35.9 Å². The molecule has 0 heterocycles. The van der Waals surface area contributed by atoms with Crippen molar-refractivity contribution >= 4 is 5.78 Å². The third kappa shape index (κ3) is 5.16. The highest BCUT2D eigenvalue weighted by molar-refractivity contribution is 5.80. The minimum atomic E-state index is 0.322. The summed E-state index contributed by atoms with van der Waals surface area (Å²) >= 11 is 0. The van der Waals surface area contributed by atoms with Gasteiger partial charge in [0.25, 0.3) is 0 Å². The van der Waals surface area contributed by atoms with Crippen molar-refractivity contribution in [3.8, 4) is 0 Å². The van der Waals surface area contributed by atoms with Crippen molar-refractivity contribution in [1.82, 2.24) is 0 Å². The third-order valence-electron chi connectivity index (χ3n) is 2.30. The van der Waals surface area contributed by atoms with Gasteiger partial charge in [-0.25, -0.2) is 0 Å². The van der Waals surface area contributed by atoms with Gasteiger partial charge in [0, 0.05) is 12.8 Å². The molecular weight excluding hydrogens is 184 g/mol. The van der Waals surface area contributed by atoms with Gasteiger partial charge in [0.1, 0.15) is 5.78 Å². The van der Waals surface area contributed by atoms with Crippen molar-refractivity contribution in [3.63, 3.8) is 0 Å². The van der Waals surface area contributed by atoms with Gasteiger partial charge >= 0.3 is 0 Å². The van der Waals surface area contributed by atoms with E-state index in [9.17, 15) is 4.79 Å². The first-order chi connectivity index (χ1) is 7.18. The molecule has 1 nitrogen and oxygen atoms in total. The summed E-state index contributed by atoms with van der Waals surface area (Å²) in [7, 11) is 0. The molecule has 0 aliphatic heterocycles. The molecule has 15 heavy (non-hydrogen) atoms. The van der Waals surface area contributed by atoms with E-state index in [1.807, 2.05) is 37.3 Å². The maximum Gasteiger partial charge on any atom is 0.137 e. The lowest BCUT2D eigenvalue weighted by atomic mass is 10.0. The molecule has 0 saturated heterocycles. The molecule has 0 unspecified atom stereocenters. The van der Waals surface area contributed by atoms with Crippen LogP contribution in [-0.2, 0) is 11.2 Å². The minimum Gasteiger partial charge on any atom is -0.299 e. The van der Waals surface area contributed by atoms with Crippen LogP contribution in [0.4, 0.5) is 0 Å². The van der Waals surface area contributed by atoms with Gasteiger partial charge in [-0.15, -0.1) is 6.58 Å². The lowest BCUT2D eigenvalue weighted by Gasteiger charge is -2.01. The van der Waals surface area contributed by atoms with Crippen molar-refractivity contribution < 1.29 is 4.79 Å². The average molecular weight is 202 g/mol. The standard InChI is InChI=1S/C14H18O/c1-12(2)7-6-10-14(15)11-13-8-4-3-5-9-13/h3-5,8-9H,1,6-7,10-11H2,2H3. The molecule has 0 N–H and O–H groups in total. The van der Waals surface area contributed by atoms with Crippen LogP contribution in [0.15, 0.2) is 42.5 Å². The van der Waals surface area contributed by atoms with E-state index >= 15 is 0 Å². The highest BCUT2D eigenvalue weighted by Crippen LogP contribution is 2.07. The summed E-state index contributed by atoms with van der Waals surface area (Å²) in [5.74, 6) is 0.322. The van der Waals surface area contributed by atoms with E-state index in [4.69, 9.17) is 0 Å². The molecule has 1 aromatic rings. The van der Waals surface area contributed by atoms with Crippen LogP contribution in [0.25, 0.3) is 0 Å². The number of carbonyl (C=O) groups is 1. The van der Waals surface area contributed by atoms with Crippen molar-refractivity contribution in [2.24, 2.45) is 0 Å². The summed E-state index contributed by atoms with van der Waals surface area (Å²) in [5.41, 5.74) is 2.26. The topological polar surface area (TPSA) is 17.1 Å². The van der Waals surface area contributed by atoms with Gasteiger partial charge in [0.15, 0.2) is 0 Å². The molecule has 0 fully saturated rings. The van der Waals surface area contributed by atoms with Gasteiger partial charge in [0.2, 0.25) is 0 Å². The Morgan fingerprint density at radius 2 is 1.87 bits per heavy atom. The van der Waals surface area contributed by atoms with Crippen LogP contribution in [0.2, 0.25) is 0 Å². The largest absolute Gasteiger partial charge is 0.299 e. The number of ketones is 1. The first kappa shape index (κ1) is 11.7. The zero-order chi connectivity index (χ0) is 11.1. The predicted octanol–water partition coefficient (Wildman–Crippen LogP) is 3.54. The second-order valence-electron chi connectivity index (χ2n) is 4.01. The molecule has 1 heteroatoms. The zero-order valence-corrected chi connectivity index (χ0v) is 9.33. The molecule has 0 saturated carbocycles. The third-order valence-corrected chi connectivity index (χ3v) is 2.30. The van der Waals surface area contributed by atoms with Crippen LogP contribution >= 0.6 is 0 Å². The van der Waals surface area contributed by atoms with E-state index in [0.717, 1.165) is 24.0 Å². The Balaban J connectivity index is 2.28. The van der Waals surface area contributed by atoms with Crippen molar-refractivity contribution in [1.29, 1.82) is 0 Å². The highest BCUT2D eigenvalue weighted by Gasteiger charge is 2.02.